The first-order valence-corrected chi connectivity index (χ1v) is 7.64. The van der Waals surface area contributed by atoms with Gasteiger partial charge in [0.1, 0.15) is 0 Å². The Kier molecular flexibility index (Phi) is 5.25. The summed E-state index contributed by atoms with van der Waals surface area (Å²) in [6, 6.07) is 10.8. The molecule has 1 N–H and O–H groups in total. The van der Waals surface area contributed by atoms with Gasteiger partial charge in [-0.25, -0.2) is 0 Å². The predicted molar refractivity (Wildman–Crippen MR) is 78.6 cm³/mol. The van der Waals surface area contributed by atoms with Crippen molar-refractivity contribution < 1.29 is 0 Å². The minimum atomic E-state index is 0.399. The van der Waals surface area contributed by atoms with Crippen LogP contribution in [0.25, 0.3) is 0 Å². The maximum atomic E-state index is 3.87. The van der Waals surface area contributed by atoms with E-state index in [0.29, 0.717) is 5.54 Å². The van der Waals surface area contributed by atoms with Crippen molar-refractivity contribution >= 4 is 0 Å². The summed E-state index contributed by atoms with van der Waals surface area (Å²) in [5, 5.41) is 3.87. The molecule has 1 heteroatoms. The highest BCUT2D eigenvalue weighted by molar-refractivity contribution is 5.14. The molecule has 0 bridgehead atoms. The largest absolute Gasteiger partial charge is 0.307 e. The summed E-state index contributed by atoms with van der Waals surface area (Å²) < 4.78 is 0. The zero-order valence-corrected chi connectivity index (χ0v) is 11.8. The van der Waals surface area contributed by atoms with Crippen molar-refractivity contribution in [3.05, 3.63) is 35.9 Å². The van der Waals surface area contributed by atoms with Crippen LogP contribution in [0.3, 0.4) is 0 Å². The van der Waals surface area contributed by atoms with E-state index in [4.69, 9.17) is 0 Å². The molecule has 1 fully saturated rings. The Morgan fingerprint density at radius 3 is 2.17 bits per heavy atom. The van der Waals surface area contributed by atoms with E-state index < -0.39 is 0 Å². The molecule has 0 saturated heterocycles. The van der Waals surface area contributed by atoms with Gasteiger partial charge in [0.25, 0.3) is 0 Å². The summed E-state index contributed by atoms with van der Waals surface area (Å²) in [5.41, 5.74) is 1.81. The van der Waals surface area contributed by atoms with Crippen LogP contribution in [-0.2, 0) is 6.54 Å². The first-order chi connectivity index (χ1) is 8.85. The van der Waals surface area contributed by atoms with Gasteiger partial charge in [0.15, 0.2) is 0 Å². The van der Waals surface area contributed by atoms with Crippen LogP contribution in [0.5, 0.6) is 0 Å². The van der Waals surface area contributed by atoms with Gasteiger partial charge in [-0.15, -0.1) is 0 Å². The minimum absolute atomic E-state index is 0.399. The van der Waals surface area contributed by atoms with Crippen LogP contribution in [0.1, 0.15) is 63.9 Å². The van der Waals surface area contributed by atoms with Crippen LogP contribution in [0.15, 0.2) is 30.3 Å². The Labute approximate surface area is 112 Å². The van der Waals surface area contributed by atoms with Crippen molar-refractivity contribution in [2.45, 2.75) is 70.4 Å². The second-order valence-electron chi connectivity index (χ2n) is 5.74. The molecule has 0 aromatic heterocycles. The summed E-state index contributed by atoms with van der Waals surface area (Å²) in [7, 11) is 0. The average Bonchev–Trinajstić information content (AvgIpc) is 2.40. The number of rotatable bonds is 4. The standard InChI is InChI=1S/C17H27N/c1-2-17(13-9-4-3-5-10-14-17)18-15-16-11-7-6-8-12-16/h6-8,11-12,18H,2-5,9-10,13-15H2,1H3. The molecule has 1 saturated carbocycles. The van der Waals surface area contributed by atoms with E-state index in [2.05, 4.69) is 42.6 Å². The second-order valence-corrected chi connectivity index (χ2v) is 5.74. The monoisotopic (exact) mass is 245 g/mol. The van der Waals surface area contributed by atoms with E-state index in [1.165, 1.54) is 56.9 Å². The summed E-state index contributed by atoms with van der Waals surface area (Å²) >= 11 is 0. The summed E-state index contributed by atoms with van der Waals surface area (Å²) in [5.74, 6) is 0. The maximum Gasteiger partial charge on any atom is 0.0210 e. The quantitative estimate of drug-likeness (QED) is 0.813. The van der Waals surface area contributed by atoms with E-state index >= 15 is 0 Å². The van der Waals surface area contributed by atoms with Crippen LogP contribution in [0.2, 0.25) is 0 Å². The third kappa shape index (κ3) is 3.84. The van der Waals surface area contributed by atoms with Gasteiger partial charge in [-0.1, -0.05) is 69.4 Å². The molecule has 100 valence electrons. The molecular formula is C17H27N. The van der Waals surface area contributed by atoms with Crippen LogP contribution in [-0.4, -0.2) is 5.54 Å². The lowest BCUT2D eigenvalue weighted by Gasteiger charge is -2.36. The molecule has 0 spiro atoms. The molecule has 1 aromatic rings. The number of benzene rings is 1. The molecule has 0 aliphatic heterocycles. The SMILES string of the molecule is CCC1(NCc2ccccc2)CCCCCCC1. The Balaban J connectivity index is 1.93. The molecular weight excluding hydrogens is 218 g/mol. The van der Waals surface area contributed by atoms with Gasteiger partial charge in [-0.05, 0) is 24.8 Å². The highest BCUT2D eigenvalue weighted by Gasteiger charge is 2.27. The van der Waals surface area contributed by atoms with Crippen molar-refractivity contribution in [1.82, 2.24) is 5.32 Å². The van der Waals surface area contributed by atoms with Gasteiger partial charge in [-0.2, -0.15) is 0 Å². The van der Waals surface area contributed by atoms with E-state index in [0.717, 1.165) is 6.54 Å². The highest BCUT2D eigenvalue weighted by atomic mass is 15.0. The van der Waals surface area contributed by atoms with Crippen molar-refractivity contribution in [1.29, 1.82) is 0 Å². The van der Waals surface area contributed by atoms with Crippen LogP contribution in [0, 0.1) is 0 Å². The van der Waals surface area contributed by atoms with Crippen LogP contribution < -0.4 is 5.32 Å². The molecule has 0 heterocycles. The van der Waals surface area contributed by atoms with Gasteiger partial charge in [0.05, 0.1) is 0 Å². The molecule has 1 aliphatic carbocycles. The van der Waals surface area contributed by atoms with Gasteiger partial charge in [0, 0.05) is 12.1 Å². The normalized spacial score (nSPS) is 20.1. The lowest BCUT2D eigenvalue weighted by molar-refractivity contribution is 0.238. The molecule has 18 heavy (non-hydrogen) atoms. The number of nitrogens with one attached hydrogen (secondary N) is 1. The van der Waals surface area contributed by atoms with Crippen LogP contribution in [0.4, 0.5) is 0 Å². The molecule has 1 nitrogen and oxygen atoms in total. The third-order valence-electron chi connectivity index (χ3n) is 4.50. The summed E-state index contributed by atoms with van der Waals surface area (Å²) in [6.07, 6.45) is 11.1. The summed E-state index contributed by atoms with van der Waals surface area (Å²) in [4.78, 5) is 0. The highest BCUT2D eigenvalue weighted by Crippen LogP contribution is 2.29. The van der Waals surface area contributed by atoms with Crippen molar-refractivity contribution in [2.75, 3.05) is 0 Å². The lowest BCUT2D eigenvalue weighted by Crippen LogP contribution is -2.44. The fourth-order valence-electron chi connectivity index (χ4n) is 3.12. The zero-order chi connectivity index (χ0) is 12.7. The molecule has 0 amide bonds. The van der Waals surface area contributed by atoms with E-state index in [1.807, 2.05) is 0 Å². The fourth-order valence-corrected chi connectivity index (χ4v) is 3.12. The topological polar surface area (TPSA) is 12.0 Å². The fraction of sp³-hybridized carbons (Fsp3) is 0.647. The molecule has 0 radical (unpaired) electrons. The summed E-state index contributed by atoms with van der Waals surface area (Å²) in [6.45, 7) is 3.37. The average molecular weight is 245 g/mol. The van der Waals surface area contributed by atoms with E-state index in [1.54, 1.807) is 0 Å². The van der Waals surface area contributed by atoms with E-state index in [9.17, 15) is 0 Å². The van der Waals surface area contributed by atoms with Gasteiger partial charge in [0.2, 0.25) is 0 Å². The van der Waals surface area contributed by atoms with Crippen molar-refractivity contribution in [3.8, 4) is 0 Å². The Morgan fingerprint density at radius 2 is 1.56 bits per heavy atom. The minimum Gasteiger partial charge on any atom is -0.307 e. The van der Waals surface area contributed by atoms with Gasteiger partial charge in [-0.3, -0.25) is 0 Å². The van der Waals surface area contributed by atoms with Gasteiger partial charge < -0.3 is 5.32 Å². The zero-order valence-electron chi connectivity index (χ0n) is 11.8. The molecule has 2 rings (SSSR count). The number of hydrogen-bond donors (Lipinski definition) is 1. The lowest BCUT2D eigenvalue weighted by atomic mass is 9.82. The Morgan fingerprint density at radius 1 is 0.944 bits per heavy atom. The van der Waals surface area contributed by atoms with Crippen molar-refractivity contribution in [2.24, 2.45) is 0 Å². The Hall–Kier alpha value is -0.820. The van der Waals surface area contributed by atoms with E-state index in [-0.39, 0.29) is 0 Å². The molecule has 0 unspecified atom stereocenters. The van der Waals surface area contributed by atoms with Crippen molar-refractivity contribution in [3.63, 3.8) is 0 Å². The first kappa shape index (κ1) is 13.6. The third-order valence-corrected chi connectivity index (χ3v) is 4.50. The Bertz CT molecular complexity index is 323. The maximum absolute atomic E-state index is 3.87. The second kappa shape index (κ2) is 6.94. The number of hydrogen-bond acceptors (Lipinski definition) is 1. The molecule has 1 aromatic carbocycles. The van der Waals surface area contributed by atoms with Crippen LogP contribution >= 0.6 is 0 Å². The molecule has 0 atom stereocenters. The molecule has 1 aliphatic rings. The predicted octanol–water partition coefficient (Wildman–Crippen LogP) is 4.67. The first-order valence-electron chi connectivity index (χ1n) is 7.64. The van der Waals surface area contributed by atoms with Gasteiger partial charge >= 0.3 is 0 Å². The smallest absolute Gasteiger partial charge is 0.0210 e.